The molecule has 6 heteroatoms. The molecule has 0 radical (unpaired) electrons. The van der Waals surface area contributed by atoms with Crippen molar-refractivity contribution >= 4 is 10.0 Å². The summed E-state index contributed by atoms with van der Waals surface area (Å²) in [5, 5.41) is 0. The number of sulfonamides is 1. The van der Waals surface area contributed by atoms with Crippen LogP contribution in [0, 0.1) is 6.92 Å². The van der Waals surface area contributed by atoms with Crippen molar-refractivity contribution in [1.82, 2.24) is 4.72 Å². The van der Waals surface area contributed by atoms with Crippen molar-refractivity contribution in [2.24, 2.45) is 0 Å². The summed E-state index contributed by atoms with van der Waals surface area (Å²) in [6, 6.07) is 13.5. The molecule has 3 rings (SSSR count). The molecule has 2 aromatic carbocycles. The second-order valence-corrected chi connectivity index (χ2v) is 8.54. The molecule has 0 saturated carbocycles. The van der Waals surface area contributed by atoms with E-state index in [-0.39, 0.29) is 11.7 Å². The second kappa shape index (κ2) is 8.10. The topological polar surface area (TPSA) is 64.6 Å². The molecule has 0 spiro atoms. The van der Waals surface area contributed by atoms with Gasteiger partial charge in [0.2, 0.25) is 10.0 Å². The number of aryl methyl sites for hydroxylation is 1. The van der Waals surface area contributed by atoms with Crippen molar-refractivity contribution in [3.8, 4) is 11.5 Å². The van der Waals surface area contributed by atoms with Gasteiger partial charge in [0.15, 0.2) is 11.5 Å². The quantitative estimate of drug-likeness (QED) is 0.806. The van der Waals surface area contributed by atoms with Crippen LogP contribution in [0.15, 0.2) is 42.5 Å². The number of rotatable bonds is 7. The van der Waals surface area contributed by atoms with Gasteiger partial charge in [0.25, 0.3) is 0 Å². The van der Waals surface area contributed by atoms with Crippen molar-refractivity contribution in [3.05, 3.63) is 59.2 Å². The first-order valence-corrected chi connectivity index (χ1v) is 10.5. The lowest BCUT2D eigenvalue weighted by molar-refractivity contribution is 0.171. The van der Waals surface area contributed by atoms with E-state index in [9.17, 15) is 8.42 Å². The maximum Gasteiger partial charge on any atom is 0.215 e. The third-order valence-corrected chi connectivity index (χ3v) is 5.87. The van der Waals surface area contributed by atoms with Crippen LogP contribution in [0.25, 0.3) is 0 Å². The van der Waals surface area contributed by atoms with Crippen LogP contribution >= 0.6 is 0 Å². The third-order valence-electron chi connectivity index (χ3n) is 4.51. The van der Waals surface area contributed by atoms with Crippen molar-refractivity contribution < 1.29 is 17.9 Å². The Morgan fingerprint density at radius 2 is 1.73 bits per heavy atom. The lowest BCUT2D eigenvalue weighted by Crippen LogP contribution is -2.27. The number of benzene rings is 2. The first-order chi connectivity index (χ1) is 12.4. The lowest BCUT2D eigenvalue weighted by atomic mass is 9.97. The van der Waals surface area contributed by atoms with Gasteiger partial charge in [-0.05, 0) is 42.5 Å². The van der Waals surface area contributed by atoms with Crippen LogP contribution in [-0.4, -0.2) is 28.2 Å². The van der Waals surface area contributed by atoms with Gasteiger partial charge >= 0.3 is 0 Å². The number of nitrogens with one attached hydrogen (secondary N) is 1. The molecule has 140 valence electrons. The van der Waals surface area contributed by atoms with Gasteiger partial charge < -0.3 is 9.47 Å². The Bertz CT molecular complexity index is 847. The second-order valence-electron chi connectivity index (χ2n) is 6.73. The van der Waals surface area contributed by atoms with E-state index in [1.807, 2.05) is 49.4 Å². The Hall–Kier alpha value is -2.05. The van der Waals surface area contributed by atoms with E-state index in [1.165, 1.54) is 0 Å². The monoisotopic (exact) mass is 375 g/mol. The highest BCUT2D eigenvalue weighted by atomic mass is 32.2. The standard InChI is InChI=1S/C20H25NO4S/c1-15-3-5-17(6-4-15)14-26(22,23)21-10-9-16(2)18-7-8-19-20(13-18)25-12-11-24-19/h3-8,13,16,21H,9-12,14H2,1-2H3. The van der Waals surface area contributed by atoms with Crippen molar-refractivity contribution in [2.75, 3.05) is 19.8 Å². The fourth-order valence-electron chi connectivity index (χ4n) is 2.92. The molecule has 0 fully saturated rings. The molecular weight excluding hydrogens is 350 g/mol. The van der Waals surface area contributed by atoms with E-state index in [1.54, 1.807) is 0 Å². The molecule has 1 aliphatic rings. The Balaban J connectivity index is 1.52. The van der Waals surface area contributed by atoms with Gasteiger partial charge in [-0.15, -0.1) is 0 Å². The lowest BCUT2D eigenvalue weighted by Gasteiger charge is -2.20. The minimum absolute atomic E-state index is 0.00564. The van der Waals surface area contributed by atoms with Gasteiger partial charge in [-0.25, -0.2) is 13.1 Å². The fraction of sp³-hybridized carbons (Fsp3) is 0.400. The minimum Gasteiger partial charge on any atom is -0.486 e. The summed E-state index contributed by atoms with van der Waals surface area (Å²) in [5.74, 6) is 1.76. The largest absolute Gasteiger partial charge is 0.486 e. The predicted molar refractivity (Wildman–Crippen MR) is 102 cm³/mol. The number of hydrogen-bond donors (Lipinski definition) is 1. The Labute approximate surface area is 155 Å². The number of fused-ring (bicyclic) bond motifs is 1. The van der Waals surface area contributed by atoms with Crippen LogP contribution in [0.2, 0.25) is 0 Å². The van der Waals surface area contributed by atoms with Crippen molar-refractivity contribution in [3.63, 3.8) is 0 Å². The zero-order valence-corrected chi connectivity index (χ0v) is 16.0. The minimum atomic E-state index is -3.33. The van der Waals surface area contributed by atoms with Gasteiger partial charge in [0.1, 0.15) is 13.2 Å². The van der Waals surface area contributed by atoms with Gasteiger partial charge in [0.05, 0.1) is 5.75 Å². The molecule has 0 aliphatic carbocycles. The molecule has 1 unspecified atom stereocenters. The molecule has 2 aromatic rings. The first kappa shape index (κ1) is 18.7. The highest BCUT2D eigenvalue weighted by Crippen LogP contribution is 2.33. The molecule has 0 amide bonds. The van der Waals surface area contributed by atoms with Crippen molar-refractivity contribution in [2.45, 2.75) is 31.9 Å². The average molecular weight is 375 g/mol. The summed E-state index contributed by atoms with van der Waals surface area (Å²) in [5.41, 5.74) is 3.03. The highest BCUT2D eigenvalue weighted by molar-refractivity contribution is 7.88. The Morgan fingerprint density at radius 3 is 2.46 bits per heavy atom. The SMILES string of the molecule is Cc1ccc(CS(=O)(=O)NCCC(C)c2ccc3c(c2)OCCO3)cc1. The zero-order valence-electron chi connectivity index (χ0n) is 15.2. The Morgan fingerprint density at radius 1 is 1.04 bits per heavy atom. The molecule has 0 aromatic heterocycles. The van der Waals surface area contributed by atoms with E-state index in [0.717, 1.165) is 28.2 Å². The first-order valence-electron chi connectivity index (χ1n) is 8.85. The maximum atomic E-state index is 12.2. The number of ether oxygens (including phenoxy) is 2. The summed E-state index contributed by atoms with van der Waals surface area (Å²) in [6.07, 6.45) is 0.715. The summed E-state index contributed by atoms with van der Waals surface area (Å²) in [7, 11) is -3.33. The molecule has 0 saturated heterocycles. The van der Waals surface area contributed by atoms with Crippen LogP contribution in [0.3, 0.4) is 0 Å². The number of hydrogen-bond acceptors (Lipinski definition) is 4. The summed E-state index contributed by atoms with van der Waals surface area (Å²) >= 11 is 0. The smallest absolute Gasteiger partial charge is 0.215 e. The molecular formula is C20H25NO4S. The molecule has 5 nitrogen and oxygen atoms in total. The predicted octanol–water partition coefficient (Wildman–Crippen LogP) is 3.38. The van der Waals surface area contributed by atoms with E-state index in [2.05, 4.69) is 11.6 Å². The van der Waals surface area contributed by atoms with E-state index < -0.39 is 10.0 Å². The van der Waals surface area contributed by atoms with E-state index in [4.69, 9.17) is 9.47 Å². The van der Waals surface area contributed by atoms with Crippen LogP contribution in [0.4, 0.5) is 0 Å². The molecule has 1 heterocycles. The molecule has 1 aliphatic heterocycles. The molecule has 1 N–H and O–H groups in total. The normalized spacial score (nSPS) is 14.8. The highest BCUT2D eigenvalue weighted by Gasteiger charge is 2.16. The van der Waals surface area contributed by atoms with Crippen LogP contribution in [-0.2, 0) is 15.8 Å². The molecule has 1 atom stereocenters. The maximum absolute atomic E-state index is 12.2. The van der Waals surface area contributed by atoms with Gasteiger partial charge in [-0.3, -0.25) is 0 Å². The van der Waals surface area contributed by atoms with Crippen LogP contribution in [0.5, 0.6) is 11.5 Å². The van der Waals surface area contributed by atoms with E-state index >= 15 is 0 Å². The van der Waals surface area contributed by atoms with Crippen molar-refractivity contribution in [1.29, 1.82) is 0 Å². The van der Waals surface area contributed by atoms with Gasteiger partial charge in [-0.2, -0.15) is 0 Å². The van der Waals surface area contributed by atoms with E-state index in [0.29, 0.717) is 26.2 Å². The van der Waals surface area contributed by atoms with Crippen LogP contribution < -0.4 is 14.2 Å². The van der Waals surface area contributed by atoms with Crippen LogP contribution in [0.1, 0.15) is 36.0 Å². The summed E-state index contributed by atoms with van der Waals surface area (Å²) < 4.78 is 38.3. The average Bonchev–Trinajstić information content (AvgIpc) is 2.63. The Kier molecular flexibility index (Phi) is 5.84. The third kappa shape index (κ3) is 4.99. The van der Waals surface area contributed by atoms with Gasteiger partial charge in [-0.1, -0.05) is 42.8 Å². The summed E-state index contributed by atoms with van der Waals surface area (Å²) in [4.78, 5) is 0. The van der Waals surface area contributed by atoms with Gasteiger partial charge in [0, 0.05) is 6.54 Å². The zero-order chi connectivity index (χ0) is 18.6. The molecule has 26 heavy (non-hydrogen) atoms. The fourth-order valence-corrected chi connectivity index (χ4v) is 4.08. The molecule has 0 bridgehead atoms. The summed E-state index contributed by atoms with van der Waals surface area (Å²) in [6.45, 7) is 5.60.